The molecular weight excluding hydrogens is 242 g/mol. The lowest BCUT2D eigenvalue weighted by molar-refractivity contribution is -0.129. The lowest BCUT2D eigenvalue weighted by Gasteiger charge is -2.16. The number of rotatable bonds is 5. The average Bonchev–Trinajstić information content (AvgIpc) is 2.68. The fourth-order valence-electron chi connectivity index (χ4n) is 2.24. The smallest absolute Gasteiger partial charge is 0.204 e. The van der Waals surface area contributed by atoms with E-state index in [9.17, 15) is 9.59 Å². The van der Waals surface area contributed by atoms with Crippen molar-refractivity contribution in [1.82, 2.24) is 9.55 Å². The minimum Gasteiger partial charge on any atom is -0.356 e. The summed E-state index contributed by atoms with van der Waals surface area (Å²) in [7, 11) is 0. The molecule has 100 valence electrons. The van der Waals surface area contributed by atoms with Crippen LogP contribution in [0.4, 0.5) is 5.95 Å². The first kappa shape index (κ1) is 13.3. The Labute approximate surface area is 111 Å². The first-order chi connectivity index (χ1) is 9.06. The van der Waals surface area contributed by atoms with Crippen LogP contribution in [0.2, 0.25) is 0 Å². The number of hydrogen-bond donors (Lipinski definition) is 1. The molecule has 0 aliphatic heterocycles. The van der Waals surface area contributed by atoms with E-state index >= 15 is 0 Å². The molecule has 1 aromatic carbocycles. The van der Waals surface area contributed by atoms with Crippen LogP contribution in [-0.4, -0.2) is 27.7 Å². The lowest BCUT2D eigenvalue weighted by atomic mass is 10.1. The summed E-state index contributed by atoms with van der Waals surface area (Å²) < 4.78 is 1.68. The number of nitrogens with one attached hydrogen (secondary N) is 1. The van der Waals surface area contributed by atoms with E-state index in [-0.39, 0.29) is 11.6 Å². The number of aromatic nitrogens is 2. The third-order valence-corrected chi connectivity index (χ3v) is 2.96. The quantitative estimate of drug-likeness (QED) is 0.836. The number of carbonyl (C=O) groups excluding carboxylic acids is 2. The van der Waals surface area contributed by atoms with E-state index < -0.39 is 6.04 Å². The van der Waals surface area contributed by atoms with Crippen molar-refractivity contribution in [2.45, 2.75) is 26.8 Å². The fourth-order valence-corrected chi connectivity index (χ4v) is 2.24. The molecule has 0 saturated heterocycles. The van der Waals surface area contributed by atoms with Gasteiger partial charge in [-0.3, -0.25) is 14.2 Å². The summed E-state index contributed by atoms with van der Waals surface area (Å²) in [5.41, 5.74) is 1.56. The molecule has 0 aliphatic carbocycles. The normalized spacial score (nSPS) is 10.9. The molecule has 0 atom stereocenters. The van der Waals surface area contributed by atoms with E-state index in [0.717, 1.165) is 11.0 Å². The Morgan fingerprint density at radius 3 is 2.47 bits per heavy atom. The topological polar surface area (TPSA) is 64.0 Å². The molecule has 19 heavy (non-hydrogen) atoms. The van der Waals surface area contributed by atoms with Crippen LogP contribution in [-0.2, 0) is 9.59 Å². The Balaban J connectivity index is 2.70. The van der Waals surface area contributed by atoms with E-state index in [2.05, 4.69) is 10.3 Å². The molecule has 2 rings (SSSR count). The molecule has 0 bridgehead atoms. The van der Waals surface area contributed by atoms with Gasteiger partial charge in [0.15, 0.2) is 17.6 Å². The van der Waals surface area contributed by atoms with Gasteiger partial charge in [0, 0.05) is 6.54 Å². The average molecular weight is 259 g/mol. The van der Waals surface area contributed by atoms with Gasteiger partial charge in [-0.1, -0.05) is 12.1 Å². The van der Waals surface area contributed by atoms with Crippen LogP contribution in [0.15, 0.2) is 24.3 Å². The van der Waals surface area contributed by atoms with Crippen molar-refractivity contribution in [3.63, 3.8) is 0 Å². The monoisotopic (exact) mass is 259 g/mol. The van der Waals surface area contributed by atoms with Gasteiger partial charge >= 0.3 is 0 Å². The van der Waals surface area contributed by atoms with Gasteiger partial charge in [-0.05, 0) is 32.9 Å². The molecule has 0 unspecified atom stereocenters. The van der Waals surface area contributed by atoms with Crippen LogP contribution in [0.5, 0.6) is 0 Å². The number of para-hydroxylation sites is 2. The predicted molar refractivity (Wildman–Crippen MR) is 74.3 cm³/mol. The number of hydrogen-bond acceptors (Lipinski definition) is 4. The minimum absolute atomic E-state index is 0.185. The number of carbonyl (C=O) groups is 2. The van der Waals surface area contributed by atoms with Crippen molar-refractivity contribution in [1.29, 1.82) is 0 Å². The Morgan fingerprint density at radius 2 is 1.89 bits per heavy atom. The molecule has 0 fully saturated rings. The summed E-state index contributed by atoms with van der Waals surface area (Å²) >= 11 is 0. The number of anilines is 1. The Bertz CT molecular complexity index is 617. The third kappa shape index (κ3) is 2.36. The maximum Gasteiger partial charge on any atom is 0.204 e. The zero-order chi connectivity index (χ0) is 14.0. The van der Waals surface area contributed by atoms with E-state index in [1.54, 1.807) is 4.57 Å². The second-order valence-electron chi connectivity index (χ2n) is 4.45. The molecular formula is C14H17N3O2. The number of nitrogens with zero attached hydrogens (tertiary/aromatic N) is 2. The maximum absolute atomic E-state index is 11.8. The highest BCUT2D eigenvalue weighted by atomic mass is 16.2. The fraction of sp³-hybridized carbons (Fsp3) is 0.357. The molecule has 1 aromatic heterocycles. The summed E-state index contributed by atoms with van der Waals surface area (Å²) in [4.78, 5) is 28.0. The van der Waals surface area contributed by atoms with Crippen LogP contribution in [0.3, 0.4) is 0 Å². The van der Waals surface area contributed by atoms with Crippen molar-refractivity contribution in [3.8, 4) is 0 Å². The number of ketones is 2. The molecule has 1 heterocycles. The SMILES string of the molecule is CCNc1nc2ccccc2n1C(C(C)=O)C(C)=O. The summed E-state index contributed by atoms with van der Waals surface area (Å²) in [6, 6.07) is 6.66. The van der Waals surface area contributed by atoms with Gasteiger partial charge in [-0.25, -0.2) is 4.98 Å². The number of benzene rings is 1. The second kappa shape index (κ2) is 5.22. The van der Waals surface area contributed by atoms with Gasteiger partial charge in [0.25, 0.3) is 0 Å². The summed E-state index contributed by atoms with van der Waals surface area (Å²) in [6.45, 7) is 5.47. The summed E-state index contributed by atoms with van der Waals surface area (Å²) in [5, 5.41) is 3.10. The van der Waals surface area contributed by atoms with Gasteiger partial charge in [-0.15, -0.1) is 0 Å². The Kier molecular flexibility index (Phi) is 3.64. The first-order valence-electron chi connectivity index (χ1n) is 6.28. The lowest BCUT2D eigenvalue weighted by Crippen LogP contribution is -2.25. The number of fused-ring (bicyclic) bond motifs is 1. The maximum atomic E-state index is 11.8. The Morgan fingerprint density at radius 1 is 1.26 bits per heavy atom. The van der Waals surface area contributed by atoms with Crippen LogP contribution in [0.1, 0.15) is 26.8 Å². The van der Waals surface area contributed by atoms with E-state index in [1.165, 1.54) is 13.8 Å². The summed E-state index contributed by atoms with van der Waals surface area (Å²) in [5.74, 6) is 0.184. The van der Waals surface area contributed by atoms with Gasteiger partial charge in [-0.2, -0.15) is 0 Å². The predicted octanol–water partition coefficient (Wildman–Crippen LogP) is 2.19. The molecule has 5 heteroatoms. The third-order valence-electron chi connectivity index (χ3n) is 2.96. The molecule has 0 amide bonds. The zero-order valence-electron chi connectivity index (χ0n) is 11.3. The Hall–Kier alpha value is -2.17. The highest BCUT2D eigenvalue weighted by molar-refractivity contribution is 6.04. The highest BCUT2D eigenvalue weighted by Gasteiger charge is 2.26. The molecule has 5 nitrogen and oxygen atoms in total. The van der Waals surface area contributed by atoms with Crippen LogP contribution in [0, 0.1) is 0 Å². The molecule has 0 spiro atoms. The zero-order valence-corrected chi connectivity index (χ0v) is 11.3. The van der Waals surface area contributed by atoms with Crippen molar-refractivity contribution in [2.75, 3.05) is 11.9 Å². The molecule has 0 radical (unpaired) electrons. The first-order valence-corrected chi connectivity index (χ1v) is 6.28. The number of Topliss-reactive ketones (excluding diaryl/α,β-unsaturated/α-hetero) is 2. The van der Waals surface area contributed by atoms with E-state index in [0.29, 0.717) is 12.5 Å². The van der Waals surface area contributed by atoms with Gasteiger partial charge < -0.3 is 5.32 Å². The molecule has 0 aliphatic rings. The van der Waals surface area contributed by atoms with E-state index in [1.807, 2.05) is 31.2 Å². The van der Waals surface area contributed by atoms with Gasteiger partial charge in [0.1, 0.15) is 0 Å². The van der Waals surface area contributed by atoms with Crippen LogP contribution >= 0.6 is 0 Å². The second-order valence-corrected chi connectivity index (χ2v) is 4.45. The van der Waals surface area contributed by atoms with Crippen LogP contribution in [0.25, 0.3) is 11.0 Å². The van der Waals surface area contributed by atoms with E-state index in [4.69, 9.17) is 0 Å². The highest BCUT2D eigenvalue weighted by Crippen LogP contribution is 2.25. The number of imidazole rings is 1. The standard InChI is InChI=1S/C14H17N3O2/c1-4-15-14-16-11-7-5-6-8-12(11)17(14)13(9(2)18)10(3)19/h5-8,13H,4H2,1-3H3,(H,15,16). The van der Waals surface area contributed by atoms with Crippen molar-refractivity contribution < 1.29 is 9.59 Å². The summed E-state index contributed by atoms with van der Waals surface area (Å²) in [6.07, 6.45) is 0. The molecule has 2 aromatic rings. The van der Waals surface area contributed by atoms with Crippen LogP contribution < -0.4 is 5.32 Å². The van der Waals surface area contributed by atoms with Crippen molar-refractivity contribution in [2.24, 2.45) is 0 Å². The minimum atomic E-state index is -0.818. The van der Waals surface area contributed by atoms with Gasteiger partial charge in [0.2, 0.25) is 5.95 Å². The molecule has 0 saturated carbocycles. The largest absolute Gasteiger partial charge is 0.356 e. The van der Waals surface area contributed by atoms with Crippen molar-refractivity contribution in [3.05, 3.63) is 24.3 Å². The van der Waals surface area contributed by atoms with Gasteiger partial charge in [0.05, 0.1) is 11.0 Å². The van der Waals surface area contributed by atoms with Crippen molar-refractivity contribution >= 4 is 28.5 Å². The molecule has 1 N–H and O–H groups in total.